The number of methoxy groups -OCH3 is 1. The third kappa shape index (κ3) is 3.75. The highest BCUT2D eigenvalue weighted by molar-refractivity contribution is 7.92. The van der Waals surface area contributed by atoms with E-state index in [1.807, 2.05) is 31.2 Å². The predicted molar refractivity (Wildman–Crippen MR) is 82.4 cm³/mol. The Balaban J connectivity index is 2.18. The van der Waals surface area contributed by atoms with Crippen LogP contribution in [0.25, 0.3) is 0 Å². The van der Waals surface area contributed by atoms with Gasteiger partial charge in [-0.1, -0.05) is 12.1 Å². The van der Waals surface area contributed by atoms with Crippen molar-refractivity contribution in [2.24, 2.45) is 0 Å². The zero-order valence-electron chi connectivity index (χ0n) is 12.7. The van der Waals surface area contributed by atoms with Gasteiger partial charge in [0, 0.05) is 12.6 Å². The van der Waals surface area contributed by atoms with Crippen molar-refractivity contribution in [3.05, 3.63) is 29.8 Å². The third-order valence-electron chi connectivity index (χ3n) is 4.01. The molecule has 3 atom stereocenters. The fourth-order valence-electron chi connectivity index (χ4n) is 2.74. The van der Waals surface area contributed by atoms with E-state index in [0.29, 0.717) is 13.0 Å². The van der Waals surface area contributed by atoms with Crippen LogP contribution in [0.4, 0.5) is 0 Å². The third-order valence-corrected chi connectivity index (χ3v) is 6.35. The highest BCUT2D eigenvalue weighted by Gasteiger charge is 2.37. The maximum atomic E-state index is 12.6. The zero-order chi connectivity index (χ0) is 15.5. The van der Waals surface area contributed by atoms with Gasteiger partial charge in [0.2, 0.25) is 0 Å². The molecule has 21 heavy (non-hydrogen) atoms. The van der Waals surface area contributed by atoms with E-state index < -0.39 is 15.1 Å². The summed E-state index contributed by atoms with van der Waals surface area (Å²) in [5.74, 6) is 0.789. The van der Waals surface area contributed by atoms with Crippen LogP contribution in [0.5, 0.6) is 5.75 Å². The van der Waals surface area contributed by atoms with Crippen LogP contribution in [0.3, 0.4) is 0 Å². The van der Waals surface area contributed by atoms with Crippen molar-refractivity contribution in [2.75, 3.05) is 26.5 Å². The second kappa shape index (κ2) is 6.77. The summed E-state index contributed by atoms with van der Waals surface area (Å²) < 4.78 is 35.8. The van der Waals surface area contributed by atoms with E-state index in [1.54, 1.807) is 14.2 Å². The Kier molecular flexibility index (Phi) is 5.24. The van der Waals surface area contributed by atoms with E-state index >= 15 is 0 Å². The molecule has 0 aromatic heterocycles. The minimum absolute atomic E-state index is 0.0645. The molecule has 0 bridgehead atoms. The van der Waals surface area contributed by atoms with E-state index in [4.69, 9.17) is 9.47 Å². The molecular weight excluding hydrogens is 290 g/mol. The first-order chi connectivity index (χ1) is 9.97. The maximum absolute atomic E-state index is 12.6. The summed E-state index contributed by atoms with van der Waals surface area (Å²) >= 11 is 0. The number of ether oxygens (including phenoxy) is 2. The fraction of sp³-hybridized carbons (Fsp3) is 0.600. The summed E-state index contributed by atoms with van der Waals surface area (Å²) in [6.45, 7) is 2.35. The number of hydrogen-bond donors (Lipinski definition) is 1. The smallest absolute Gasteiger partial charge is 0.157 e. The van der Waals surface area contributed by atoms with E-state index in [0.717, 1.165) is 11.3 Å². The van der Waals surface area contributed by atoms with Crippen LogP contribution in [-0.2, 0) is 14.6 Å². The molecule has 1 heterocycles. The molecule has 118 valence electrons. The number of benzene rings is 1. The van der Waals surface area contributed by atoms with Gasteiger partial charge in [-0.05, 0) is 38.1 Å². The van der Waals surface area contributed by atoms with Gasteiger partial charge in [-0.2, -0.15) is 0 Å². The van der Waals surface area contributed by atoms with Crippen molar-refractivity contribution in [3.63, 3.8) is 0 Å². The van der Waals surface area contributed by atoms with Crippen molar-refractivity contribution in [2.45, 2.75) is 30.7 Å². The average Bonchev–Trinajstić information content (AvgIpc) is 2.92. The average molecular weight is 313 g/mol. The largest absolute Gasteiger partial charge is 0.497 e. The Morgan fingerprint density at radius 3 is 2.81 bits per heavy atom. The first-order valence-electron chi connectivity index (χ1n) is 7.12. The summed E-state index contributed by atoms with van der Waals surface area (Å²) in [5, 5.41) is 2.68. The molecule has 1 aliphatic heterocycles. The van der Waals surface area contributed by atoms with Gasteiger partial charge in [-0.3, -0.25) is 0 Å². The van der Waals surface area contributed by atoms with Gasteiger partial charge in [0.15, 0.2) is 9.84 Å². The minimum Gasteiger partial charge on any atom is -0.497 e. The van der Waals surface area contributed by atoms with Crippen LogP contribution in [0.15, 0.2) is 24.3 Å². The number of hydrogen-bond acceptors (Lipinski definition) is 5. The van der Waals surface area contributed by atoms with Crippen molar-refractivity contribution in [1.29, 1.82) is 0 Å². The lowest BCUT2D eigenvalue weighted by Gasteiger charge is -2.21. The summed E-state index contributed by atoms with van der Waals surface area (Å²) in [6.07, 6.45) is 0.357. The normalized spacial score (nSPS) is 24.0. The van der Waals surface area contributed by atoms with Crippen LogP contribution < -0.4 is 10.1 Å². The summed E-state index contributed by atoms with van der Waals surface area (Å²) in [5.41, 5.74) is 0.909. The highest BCUT2D eigenvalue weighted by Crippen LogP contribution is 2.26. The lowest BCUT2D eigenvalue weighted by atomic mass is 10.1. The molecule has 1 aromatic rings. The second-order valence-corrected chi connectivity index (χ2v) is 7.61. The fourth-order valence-corrected chi connectivity index (χ4v) is 4.93. The van der Waals surface area contributed by atoms with Crippen molar-refractivity contribution in [1.82, 2.24) is 5.32 Å². The number of nitrogens with one attached hydrogen (secondary N) is 1. The first kappa shape index (κ1) is 16.3. The Morgan fingerprint density at radius 2 is 2.24 bits per heavy atom. The summed E-state index contributed by atoms with van der Waals surface area (Å²) in [7, 11) is 0.155. The van der Waals surface area contributed by atoms with Gasteiger partial charge < -0.3 is 14.8 Å². The van der Waals surface area contributed by atoms with Crippen LogP contribution in [0, 0.1) is 0 Å². The van der Waals surface area contributed by atoms with E-state index in [-0.39, 0.29) is 17.9 Å². The second-order valence-electron chi connectivity index (χ2n) is 5.35. The van der Waals surface area contributed by atoms with Crippen molar-refractivity contribution in [3.8, 4) is 5.75 Å². The topological polar surface area (TPSA) is 64.6 Å². The van der Waals surface area contributed by atoms with Crippen LogP contribution in [0.2, 0.25) is 0 Å². The van der Waals surface area contributed by atoms with E-state index in [2.05, 4.69) is 5.32 Å². The highest BCUT2D eigenvalue weighted by atomic mass is 32.2. The molecule has 0 aliphatic carbocycles. The molecule has 0 radical (unpaired) electrons. The van der Waals surface area contributed by atoms with Gasteiger partial charge in [0.1, 0.15) is 5.75 Å². The standard InChI is InChI=1S/C15H23NO4S/c1-11-15(7-8-20-11)21(17,18)10-14(16-2)12-5-4-6-13(9-12)19-3/h4-6,9,11,14-16H,7-8,10H2,1-3H3. The molecule has 6 heteroatoms. The Bertz CT molecular complexity index is 573. The van der Waals surface area contributed by atoms with Crippen molar-refractivity contribution >= 4 is 9.84 Å². The zero-order valence-corrected chi connectivity index (χ0v) is 13.5. The van der Waals surface area contributed by atoms with Crippen LogP contribution in [-0.4, -0.2) is 46.3 Å². The molecule has 3 unspecified atom stereocenters. The molecule has 0 amide bonds. The van der Waals surface area contributed by atoms with Crippen LogP contribution in [0.1, 0.15) is 24.9 Å². The molecular formula is C15H23NO4S. The first-order valence-corrected chi connectivity index (χ1v) is 8.84. The molecule has 5 nitrogen and oxygen atoms in total. The van der Waals surface area contributed by atoms with Gasteiger partial charge in [-0.25, -0.2) is 8.42 Å². The molecule has 1 aromatic carbocycles. The Morgan fingerprint density at radius 1 is 1.48 bits per heavy atom. The number of sulfone groups is 1. The summed E-state index contributed by atoms with van der Waals surface area (Å²) in [4.78, 5) is 0. The van der Waals surface area contributed by atoms with Crippen molar-refractivity contribution < 1.29 is 17.9 Å². The predicted octanol–water partition coefficient (Wildman–Crippen LogP) is 1.55. The van der Waals surface area contributed by atoms with Gasteiger partial charge >= 0.3 is 0 Å². The van der Waals surface area contributed by atoms with E-state index in [1.165, 1.54) is 0 Å². The molecule has 1 aliphatic rings. The molecule has 0 spiro atoms. The lowest BCUT2D eigenvalue weighted by molar-refractivity contribution is 0.126. The van der Waals surface area contributed by atoms with Gasteiger partial charge in [0.05, 0.1) is 24.2 Å². The minimum atomic E-state index is -3.22. The lowest BCUT2D eigenvalue weighted by Crippen LogP contribution is -2.35. The number of rotatable bonds is 6. The van der Waals surface area contributed by atoms with Gasteiger partial charge in [-0.15, -0.1) is 0 Å². The maximum Gasteiger partial charge on any atom is 0.157 e. The molecule has 1 N–H and O–H groups in total. The monoisotopic (exact) mass is 313 g/mol. The molecule has 1 saturated heterocycles. The van der Waals surface area contributed by atoms with Gasteiger partial charge in [0.25, 0.3) is 0 Å². The van der Waals surface area contributed by atoms with Crippen LogP contribution >= 0.6 is 0 Å². The Labute approximate surface area is 126 Å². The SMILES string of the molecule is CNC(CS(=O)(=O)C1CCOC1C)c1cccc(OC)c1. The molecule has 2 rings (SSSR count). The van der Waals surface area contributed by atoms with E-state index in [9.17, 15) is 8.42 Å². The summed E-state index contributed by atoms with van der Waals surface area (Å²) in [6, 6.07) is 7.24. The molecule has 1 fully saturated rings. The quantitative estimate of drug-likeness (QED) is 0.863. The Hall–Kier alpha value is -1.11. The molecule has 0 saturated carbocycles.